The first-order valence-electron chi connectivity index (χ1n) is 6.04. The van der Waals surface area contributed by atoms with E-state index in [0.717, 1.165) is 12.4 Å². The van der Waals surface area contributed by atoms with E-state index in [1.807, 2.05) is 0 Å². The molecule has 0 spiro atoms. The number of hydrogen-bond acceptors (Lipinski definition) is 4. The van der Waals surface area contributed by atoms with Gasteiger partial charge in [0.05, 0.1) is 19.5 Å². The van der Waals surface area contributed by atoms with Crippen LogP contribution in [0.2, 0.25) is 0 Å². The molecule has 0 unspecified atom stereocenters. The third-order valence-electron chi connectivity index (χ3n) is 3.19. The second-order valence-corrected chi connectivity index (χ2v) is 4.62. The van der Waals surface area contributed by atoms with Crippen LogP contribution in [0.1, 0.15) is 25.7 Å². The predicted molar refractivity (Wildman–Crippen MR) is 68.9 cm³/mol. The fraction of sp³-hybridized carbons (Fsp3) is 0.667. The number of halogens is 1. The lowest BCUT2D eigenvalue weighted by Gasteiger charge is -2.29. The van der Waals surface area contributed by atoms with Crippen LogP contribution in [-0.4, -0.2) is 35.5 Å². The number of nitrogens with zero attached hydrogens (tertiary/aromatic N) is 3. The average Bonchev–Trinajstić information content (AvgIpc) is 2.89. The van der Waals surface area contributed by atoms with E-state index in [-0.39, 0.29) is 0 Å². The highest BCUT2D eigenvalue weighted by molar-refractivity contribution is 6.18. The third kappa shape index (κ3) is 3.00. The van der Waals surface area contributed by atoms with Crippen molar-refractivity contribution >= 4 is 17.4 Å². The first-order chi connectivity index (χ1) is 8.35. The van der Waals surface area contributed by atoms with Gasteiger partial charge >= 0.3 is 0 Å². The molecule has 94 valence electrons. The van der Waals surface area contributed by atoms with E-state index < -0.39 is 0 Å². The molecule has 0 aliphatic heterocycles. The van der Waals surface area contributed by atoms with Crippen LogP contribution in [0.15, 0.2) is 12.4 Å². The number of ether oxygens (including phenoxy) is 1. The maximum absolute atomic E-state index is 5.88. The van der Waals surface area contributed by atoms with Crippen molar-refractivity contribution in [3.63, 3.8) is 0 Å². The zero-order valence-electron chi connectivity index (χ0n) is 10.1. The Morgan fingerprint density at radius 2 is 2.18 bits per heavy atom. The summed E-state index contributed by atoms with van der Waals surface area (Å²) in [4.78, 5) is 10.9. The molecule has 0 saturated heterocycles. The van der Waals surface area contributed by atoms with Crippen molar-refractivity contribution in [2.45, 2.75) is 31.7 Å². The highest BCUT2D eigenvalue weighted by Crippen LogP contribution is 2.27. The van der Waals surface area contributed by atoms with Crippen LogP contribution in [0, 0.1) is 0 Å². The second kappa shape index (κ2) is 6.05. The molecule has 1 heterocycles. The summed E-state index contributed by atoms with van der Waals surface area (Å²) in [7, 11) is 1.61. The smallest absolute Gasteiger partial charge is 0.233 e. The van der Waals surface area contributed by atoms with Crippen LogP contribution in [0.3, 0.4) is 0 Å². The summed E-state index contributed by atoms with van der Waals surface area (Å²) in [6.45, 7) is 0.814. The van der Waals surface area contributed by atoms with Gasteiger partial charge in [0.2, 0.25) is 5.88 Å². The van der Waals surface area contributed by atoms with Crippen LogP contribution in [0.4, 0.5) is 5.82 Å². The van der Waals surface area contributed by atoms with Crippen molar-refractivity contribution < 1.29 is 4.74 Å². The molecule has 0 radical (unpaired) electrons. The number of methoxy groups -OCH3 is 1. The van der Waals surface area contributed by atoms with E-state index >= 15 is 0 Å². The monoisotopic (exact) mass is 255 g/mol. The van der Waals surface area contributed by atoms with E-state index in [4.69, 9.17) is 16.3 Å². The Morgan fingerprint density at radius 3 is 2.82 bits per heavy atom. The molecule has 2 rings (SSSR count). The SMILES string of the molecule is COc1cncc(N(CCCl)C2CCCC2)n1. The van der Waals surface area contributed by atoms with Crippen LogP contribution in [0.5, 0.6) is 5.88 Å². The Kier molecular flexibility index (Phi) is 4.42. The topological polar surface area (TPSA) is 38.2 Å². The number of alkyl halides is 1. The largest absolute Gasteiger partial charge is 0.480 e. The molecule has 1 fully saturated rings. The summed E-state index contributed by atoms with van der Waals surface area (Å²) in [6.07, 6.45) is 8.43. The minimum absolute atomic E-state index is 0.551. The van der Waals surface area contributed by atoms with E-state index in [1.54, 1.807) is 19.5 Å². The fourth-order valence-electron chi connectivity index (χ4n) is 2.37. The summed E-state index contributed by atoms with van der Waals surface area (Å²) < 4.78 is 5.11. The average molecular weight is 256 g/mol. The molecule has 17 heavy (non-hydrogen) atoms. The number of aromatic nitrogens is 2. The van der Waals surface area contributed by atoms with Gasteiger partial charge in [0.1, 0.15) is 0 Å². The van der Waals surface area contributed by atoms with E-state index in [9.17, 15) is 0 Å². The Balaban J connectivity index is 2.18. The van der Waals surface area contributed by atoms with Gasteiger partial charge in [0.25, 0.3) is 0 Å². The van der Waals surface area contributed by atoms with Gasteiger partial charge in [0.15, 0.2) is 5.82 Å². The molecular formula is C12H18ClN3O. The summed E-state index contributed by atoms with van der Waals surface area (Å²) in [5, 5.41) is 0. The van der Waals surface area contributed by atoms with Crippen LogP contribution >= 0.6 is 11.6 Å². The summed E-state index contributed by atoms with van der Waals surface area (Å²) >= 11 is 5.88. The molecule has 5 heteroatoms. The molecule has 1 aromatic heterocycles. The molecule has 0 bridgehead atoms. The Hall–Kier alpha value is -1.03. The molecule has 1 saturated carbocycles. The molecule has 0 N–H and O–H groups in total. The van der Waals surface area contributed by atoms with Gasteiger partial charge in [-0.2, -0.15) is 4.98 Å². The van der Waals surface area contributed by atoms with Gasteiger partial charge in [0, 0.05) is 18.5 Å². The second-order valence-electron chi connectivity index (χ2n) is 4.24. The van der Waals surface area contributed by atoms with Gasteiger partial charge in [-0.05, 0) is 12.8 Å². The molecule has 1 aromatic rings. The first kappa shape index (κ1) is 12.4. The normalized spacial score (nSPS) is 16.1. The van der Waals surface area contributed by atoms with Gasteiger partial charge in [-0.25, -0.2) is 0 Å². The lowest BCUT2D eigenvalue weighted by Crippen LogP contribution is -2.35. The van der Waals surface area contributed by atoms with Crippen molar-refractivity contribution in [3.8, 4) is 5.88 Å². The van der Waals surface area contributed by atoms with E-state index in [0.29, 0.717) is 17.8 Å². The molecular weight excluding hydrogens is 238 g/mol. The zero-order valence-corrected chi connectivity index (χ0v) is 10.9. The number of hydrogen-bond donors (Lipinski definition) is 0. The Morgan fingerprint density at radius 1 is 1.41 bits per heavy atom. The maximum atomic E-state index is 5.88. The van der Waals surface area contributed by atoms with Crippen LogP contribution in [-0.2, 0) is 0 Å². The van der Waals surface area contributed by atoms with Crippen LogP contribution in [0.25, 0.3) is 0 Å². The van der Waals surface area contributed by atoms with Crippen molar-refractivity contribution in [1.82, 2.24) is 9.97 Å². The number of rotatable bonds is 5. The third-order valence-corrected chi connectivity index (χ3v) is 3.36. The van der Waals surface area contributed by atoms with E-state index in [1.165, 1.54) is 25.7 Å². The fourth-order valence-corrected chi connectivity index (χ4v) is 2.55. The minimum atomic E-state index is 0.551. The van der Waals surface area contributed by atoms with Gasteiger partial charge in [-0.1, -0.05) is 12.8 Å². The maximum Gasteiger partial charge on any atom is 0.233 e. The zero-order chi connectivity index (χ0) is 12.1. The van der Waals surface area contributed by atoms with Gasteiger partial charge in [-0.3, -0.25) is 4.98 Å². The summed E-state index contributed by atoms with van der Waals surface area (Å²) in [6, 6.07) is 0.551. The van der Waals surface area contributed by atoms with Crippen LogP contribution < -0.4 is 9.64 Å². The molecule has 1 aliphatic rings. The quantitative estimate of drug-likeness (QED) is 0.758. The summed E-state index contributed by atoms with van der Waals surface area (Å²) in [5.41, 5.74) is 0. The highest BCUT2D eigenvalue weighted by Gasteiger charge is 2.23. The molecule has 0 aromatic carbocycles. The van der Waals surface area contributed by atoms with Crippen molar-refractivity contribution in [3.05, 3.63) is 12.4 Å². The van der Waals surface area contributed by atoms with E-state index in [2.05, 4.69) is 14.9 Å². The van der Waals surface area contributed by atoms with Gasteiger partial charge < -0.3 is 9.64 Å². The molecule has 0 atom stereocenters. The van der Waals surface area contributed by atoms with Crippen molar-refractivity contribution in [2.75, 3.05) is 24.4 Å². The highest BCUT2D eigenvalue weighted by atomic mass is 35.5. The standard InChI is InChI=1S/C12H18ClN3O/c1-17-12-9-14-8-11(15-12)16(7-6-13)10-4-2-3-5-10/h8-10H,2-7H2,1H3. The van der Waals surface area contributed by atoms with Crippen molar-refractivity contribution in [2.24, 2.45) is 0 Å². The predicted octanol–water partition coefficient (Wildman–Crippen LogP) is 2.47. The lowest BCUT2D eigenvalue weighted by atomic mass is 10.2. The molecule has 4 nitrogen and oxygen atoms in total. The van der Waals surface area contributed by atoms with Crippen molar-refractivity contribution in [1.29, 1.82) is 0 Å². The minimum Gasteiger partial charge on any atom is -0.480 e. The molecule has 0 amide bonds. The number of anilines is 1. The first-order valence-corrected chi connectivity index (χ1v) is 6.57. The Bertz CT molecular complexity index is 355. The summed E-state index contributed by atoms with van der Waals surface area (Å²) in [5.74, 6) is 2.03. The molecule has 1 aliphatic carbocycles. The van der Waals surface area contributed by atoms with Gasteiger partial charge in [-0.15, -0.1) is 11.6 Å². The lowest BCUT2D eigenvalue weighted by molar-refractivity contribution is 0.395. The Labute approximate surface area is 107 Å².